The number of carbonyl (C=O) groups is 1. The highest BCUT2D eigenvalue weighted by atomic mass is 32.2. The van der Waals surface area contributed by atoms with Crippen LogP contribution in [0.15, 0.2) is 23.1 Å². The Morgan fingerprint density at radius 1 is 1.18 bits per heavy atom. The first-order chi connectivity index (χ1) is 10.3. The highest BCUT2D eigenvalue weighted by Gasteiger charge is 2.38. The van der Waals surface area contributed by atoms with Crippen LogP contribution in [0.2, 0.25) is 0 Å². The van der Waals surface area contributed by atoms with E-state index < -0.39 is 0 Å². The Labute approximate surface area is 140 Å². The molecule has 1 aliphatic rings. The van der Waals surface area contributed by atoms with Crippen LogP contribution in [0.3, 0.4) is 0 Å². The van der Waals surface area contributed by atoms with Crippen LogP contribution in [0.5, 0.6) is 11.5 Å². The zero-order valence-electron chi connectivity index (χ0n) is 13.3. The molecule has 1 amide bonds. The second-order valence-electron chi connectivity index (χ2n) is 5.80. The Bertz CT molecular complexity index is 647. The molecule has 0 N–H and O–H groups in total. The summed E-state index contributed by atoms with van der Waals surface area (Å²) in [5.74, 6) is 1.22. The molecular formula is C16H19NO3S2. The van der Waals surface area contributed by atoms with E-state index in [0.29, 0.717) is 20.7 Å². The summed E-state index contributed by atoms with van der Waals surface area (Å²) in [7, 11) is 3.17. The van der Waals surface area contributed by atoms with Crippen LogP contribution < -0.4 is 9.47 Å². The van der Waals surface area contributed by atoms with Gasteiger partial charge in [0.25, 0.3) is 5.91 Å². The minimum atomic E-state index is -0.325. The van der Waals surface area contributed by atoms with Gasteiger partial charge in [0, 0.05) is 5.54 Å². The normalized spacial score (nSPS) is 17.3. The van der Waals surface area contributed by atoms with Crippen molar-refractivity contribution >= 4 is 40.3 Å². The maximum atomic E-state index is 12.5. The van der Waals surface area contributed by atoms with Crippen LogP contribution in [0.1, 0.15) is 26.3 Å². The topological polar surface area (TPSA) is 38.8 Å². The molecule has 0 radical (unpaired) electrons. The number of hydrogen-bond donors (Lipinski definition) is 0. The Kier molecular flexibility index (Phi) is 4.82. The van der Waals surface area contributed by atoms with E-state index in [4.69, 9.17) is 21.7 Å². The molecular weight excluding hydrogens is 318 g/mol. The average Bonchev–Trinajstić information content (AvgIpc) is 2.72. The van der Waals surface area contributed by atoms with E-state index in [2.05, 4.69) is 0 Å². The van der Waals surface area contributed by atoms with Gasteiger partial charge in [0.1, 0.15) is 4.32 Å². The quantitative estimate of drug-likeness (QED) is 0.621. The molecule has 1 aliphatic heterocycles. The van der Waals surface area contributed by atoms with Crippen LogP contribution >= 0.6 is 24.0 Å². The van der Waals surface area contributed by atoms with Crippen molar-refractivity contribution in [3.8, 4) is 11.5 Å². The number of ether oxygens (including phenoxy) is 2. The van der Waals surface area contributed by atoms with Gasteiger partial charge in [-0.15, -0.1) is 0 Å². The number of hydrogen-bond acceptors (Lipinski definition) is 5. The molecule has 0 unspecified atom stereocenters. The Morgan fingerprint density at radius 3 is 2.32 bits per heavy atom. The third-order valence-electron chi connectivity index (χ3n) is 3.17. The second kappa shape index (κ2) is 6.30. The maximum absolute atomic E-state index is 12.5. The molecule has 0 bridgehead atoms. The van der Waals surface area contributed by atoms with Gasteiger partial charge in [-0.05, 0) is 44.5 Å². The molecule has 1 aromatic rings. The summed E-state index contributed by atoms with van der Waals surface area (Å²) >= 11 is 6.65. The van der Waals surface area contributed by atoms with Gasteiger partial charge in [0.05, 0.1) is 19.1 Å². The monoisotopic (exact) mass is 337 g/mol. The highest BCUT2D eigenvalue weighted by Crippen LogP contribution is 2.37. The van der Waals surface area contributed by atoms with Gasteiger partial charge in [-0.3, -0.25) is 9.69 Å². The smallest absolute Gasteiger partial charge is 0.266 e. The Balaban J connectivity index is 2.35. The van der Waals surface area contributed by atoms with Gasteiger partial charge in [0.2, 0.25) is 0 Å². The molecule has 6 heteroatoms. The van der Waals surface area contributed by atoms with E-state index in [-0.39, 0.29) is 11.4 Å². The first-order valence-electron chi connectivity index (χ1n) is 6.78. The molecule has 22 heavy (non-hydrogen) atoms. The van der Waals surface area contributed by atoms with Crippen molar-refractivity contribution in [3.63, 3.8) is 0 Å². The van der Waals surface area contributed by atoms with Gasteiger partial charge < -0.3 is 9.47 Å². The zero-order chi connectivity index (χ0) is 16.5. The third kappa shape index (κ3) is 3.28. The van der Waals surface area contributed by atoms with E-state index in [0.717, 1.165) is 5.56 Å². The fourth-order valence-corrected chi connectivity index (χ4v) is 3.78. The largest absolute Gasteiger partial charge is 0.493 e. The van der Waals surface area contributed by atoms with Crippen molar-refractivity contribution in [1.29, 1.82) is 0 Å². The molecule has 4 nitrogen and oxygen atoms in total. The fourth-order valence-electron chi connectivity index (χ4n) is 2.14. The lowest BCUT2D eigenvalue weighted by molar-refractivity contribution is -0.125. The molecule has 1 aromatic carbocycles. The summed E-state index contributed by atoms with van der Waals surface area (Å²) in [5.41, 5.74) is 0.543. The number of benzene rings is 1. The van der Waals surface area contributed by atoms with Gasteiger partial charge in [0.15, 0.2) is 11.5 Å². The molecule has 0 spiro atoms. The average molecular weight is 337 g/mol. The van der Waals surface area contributed by atoms with Crippen molar-refractivity contribution in [2.24, 2.45) is 0 Å². The SMILES string of the molecule is COc1ccc(C=C2SC(=S)N(C(C)(C)C)C2=O)cc1OC. The summed E-state index contributed by atoms with van der Waals surface area (Å²) < 4.78 is 11.1. The van der Waals surface area contributed by atoms with Gasteiger partial charge in [-0.25, -0.2) is 0 Å². The lowest BCUT2D eigenvalue weighted by atomic mass is 10.1. The van der Waals surface area contributed by atoms with Crippen LogP contribution in [0, 0.1) is 0 Å². The molecule has 1 fully saturated rings. The molecule has 0 saturated carbocycles. The molecule has 1 heterocycles. The predicted molar refractivity (Wildman–Crippen MR) is 94.3 cm³/mol. The third-order valence-corrected chi connectivity index (χ3v) is 4.47. The van der Waals surface area contributed by atoms with Gasteiger partial charge in [-0.2, -0.15) is 0 Å². The van der Waals surface area contributed by atoms with Gasteiger partial charge in [-0.1, -0.05) is 30.0 Å². The van der Waals surface area contributed by atoms with E-state index in [1.165, 1.54) is 11.8 Å². The Hall–Kier alpha value is -1.53. The highest BCUT2D eigenvalue weighted by molar-refractivity contribution is 8.26. The van der Waals surface area contributed by atoms with E-state index in [1.807, 2.05) is 45.0 Å². The number of thiocarbonyl (C=S) groups is 1. The van der Waals surface area contributed by atoms with Crippen molar-refractivity contribution < 1.29 is 14.3 Å². The summed E-state index contributed by atoms with van der Waals surface area (Å²) in [4.78, 5) is 14.8. The lowest BCUT2D eigenvalue weighted by Gasteiger charge is -2.30. The van der Waals surface area contributed by atoms with E-state index in [9.17, 15) is 4.79 Å². The van der Waals surface area contributed by atoms with Crippen LogP contribution in [0.25, 0.3) is 6.08 Å². The number of carbonyl (C=O) groups excluding carboxylic acids is 1. The molecule has 118 valence electrons. The molecule has 0 atom stereocenters. The van der Waals surface area contributed by atoms with Crippen molar-refractivity contribution in [2.75, 3.05) is 14.2 Å². The molecule has 0 aliphatic carbocycles. The first kappa shape index (κ1) is 16.8. The summed E-state index contributed by atoms with van der Waals surface area (Å²) in [6, 6.07) is 5.53. The second-order valence-corrected chi connectivity index (χ2v) is 7.48. The number of nitrogens with zero attached hydrogens (tertiary/aromatic N) is 1. The fraction of sp³-hybridized carbons (Fsp3) is 0.375. The maximum Gasteiger partial charge on any atom is 0.266 e. The number of thioether (sulfide) groups is 1. The van der Waals surface area contributed by atoms with Crippen molar-refractivity contribution in [2.45, 2.75) is 26.3 Å². The van der Waals surface area contributed by atoms with E-state index >= 15 is 0 Å². The van der Waals surface area contributed by atoms with Crippen molar-refractivity contribution in [1.82, 2.24) is 4.90 Å². The molecule has 1 saturated heterocycles. The van der Waals surface area contributed by atoms with Crippen LogP contribution in [0.4, 0.5) is 0 Å². The van der Waals surface area contributed by atoms with Crippen LogP contribution in [-0.4, -0.2) is 34.9 Å². The summed E-state index contributed by atoms with van der Waals surface area (Å²) in [5, 5.41) is 0. The minimum Gasteiger partial charge on any atom is -0.493 e. The number of amides is 1. The lowest BCUT2D eigenvalue weighted by Crippen LogP contribution is -2.44. The van der Waals surface area contributed by atoms with Gasteiger partial charge >= 0.3 is 0 Å². The predicted octanol–water partition coefficient (Wildman–Crippen LogP) is 3.70. The van der Waals surface area contributed by atoms with Crippen molar-refractivity contribution in [3.05, 3.63) is 28.7 Å². The zero-order valence-corrected chi connectivity index (χ0v) is 14.9. The number of rotatable bonds is 3. The molecule has 2 rings (SSSR count). The molecule has 0 aromatic heterocycles. The Morgan fingerprint density at radius 2 is 1.82 bits per heavy atom. The summed E-state index contributed by atoms with van der Waals surface area (Å²) in [6.45, 7) is 5.91. The minimum absolute atomic E-state index is 0.0581. The summed E-state index contributed by atoms with van der Waals surface area (Å²) in [6.07, 6.45) is 1.83. The number of methoxy groups -OCH3 is 2. The first-order valence-corrected chi connectivity index (χ1v) is 8.00. The standard InChI is InChI=1S/C16H19NO3S2/c1-16(2,3)17-14(18)13(22-15(17)21)9-10-6-7-11(19-4)12(8-10)20-5/h6-9H,1-5H3. The van der Waals surface area contributed by atoms with Crippen LogP contribution in [-0.2, 0) is 4.79 Å². The van der Waals surface area contributed by atoms with E-state index in [1.54, 1.807) is 19.1 Å².